The summed E-state index contributed by atoms with van der Waals surface area (Å²) >= 11 is 11.9. The zero-order valence-electron chi connectivity index (χ0n) is 9.71. The molecule has 3 N–H and O–H groups in total. The SMILES string of the molecule is COc1ccc(Cl)c(Nc2ccc(Cl)cc2N)c1. The summed E-state index contributed by atoms with van der Waals surface area (Å²) in [7, 11) is 1.60. The zero-order valence-corrected chi connectivity index (χ0v) is 11.2. The van der Waals surface area contributed by atoms with Gasteiger partial charge in [-0.15, -0.1) is 0 Å². The second kappa shape index (κ2) is 5.38. The van der Waals surface area contributed by atoms with Gasteiger partial charge in [-0.1, -0.05) is 23.2 Å². The highest BCUT2D eigenvalue weighted by Crippen LogP contribution is 2.32. The van der Waals surface area contributed by atoms with Crippen molar-refractivity contribution in [2.24, 2.45) is 0 Å². The van der Waals surface area contributed by atoms with E-state index >= 15 is 0 Å². The Hall–Kier alpha value is -1.58. The highest BCUT2D eigenvalue weighted by Gasteiger charge is 2.05. The van der Waals surface area contributed by atoms with E-state index < -0.39 is 0 Å². The largest absolute Gasteiger partial charge is 0.497 e. The summed E-state index contributed by atoms with van der Waals surface area (Å²) in [5, 5.41) is 4.33. The molecule has 94 valence electrons. The van der Waals surface area contributed by atoms with E-state index in [2.05, 4.69) is 5.32 Å². The lowest BCUT2D eigenvalue weighted by Crippen LogP contribution is -1.97. The van der Waals surface area contributed by atoms with Gasteiger partial charge in [0.2, 0.25) is 0 Å². The first-order chi connectivity index (χ1) is 8.60. The number of benzene rings is 2. The Labute approximate surface area is 115 Å². The first-order valence-electron chi connectivity index (χ1n) is 5.26. The van der Waals surface area contributed by atoms with Crippen LogP contribution in [-0.2, 0) is 0 Å². The Morgan fingerprint density at radius 1 is 1.06 bits per heavy atom. The highest BCUT2D eigenvalue weighted by atomic mass is 35.5. The van der Waals surface area contributed by atoms with E-state index in [1.54, 1.807) is 43.5 Å². The molecule has 0 heterocycles. The second-order valence-electron chi connectivity index (χ2n) is 3.70. The summed E-state index contributed by atoms with van der Waals surface area (Å²) in [4.78, 5) is 0. The predicted molar refractivity (Wildman–Crippen MR) is 77.2 cm³/mol. The Kier molecular flexibility index (Phi) is 3.84. The van der Waals surface area contributed by atoms with E-state index in [9.17, 15) is 0 Å². The fourth-order valence-corrected chi connectivity index (χ4v) is 1.86. The first kappa shape index (κ1) is 12.9. The lowest BCUT2D eigenvalue weighted by Gasteiger charge is -2.12. The summed E-state index contributed by atoms with van der Waals surface area (Å²) in [5.41, 5.74) is 7.90. The second-order valence-corrected chi connectivity index (χ2v) is 4.55. The lowest BCUT2D eigenvalue weighted by atomic mass is 10.2. The Morgan fingerprint density at radius 3 is 2.50 bits per heavy atom. The van der Waals surface area contributed by atoms with Crippen LogP contribution in [0.1, 0.15) is 0 Å². The minimum atomic E-state index is 0.557. The Balaban J connectivity index is 2.33. The molecule has 0 saturated heterocycles. The molecule has 18 heavy (non-hydrogen) atoms. The van der Waals surface area contributed by atoms with E-state index in [1.165, 1.54) is 0 Å². The molecule has 0 aliphatic carbocycles. The van der Waals surface area contributed by atoms with Crippen LogP contribution in [0, 0.1) is 0 Å². The van der Waals surface area contributed by atoms with Crippen LogP contribution in [-0.4, -0.2) is 7.11 Å². The van der Waals surface area contributed by atoms with Gasteiger partial charge in [0.1, 0.15) is 5.75 Å². The Bertz CT molecular complexity index is 573. The molecule has 2 rings (SSSR count). The van der Waals surface area contributed by atoms with E-state index in [0.717, 1.165) is 17.1 Å². The van der Waals surface area contributed by atoms with Gasteiger partial charge in [-0.2, -0.15) is 0 Å². The normalized spacial score (nSPS) is 10.2. The monoisotopic (exact) mass is 282 g/mol. The molecule has 0 aliphatic rings. The van der Waals surface area contributed by atoms with Gasteiger partial charge < -0.3 is 15.8 Å². The van der Waals surface area contributed by atoms with Gasteiger partial charge >= 0.3 is 0 Å². The van der Waals surface area contributed by atoms with Crippen molar-refractivity contribution in [2.75, 3.05) is 18.2 Å². The molecule has 2 aromatic rings. The maximum Gasteiger partial charge on any atom is 0.121 e. The molecule has 0 atom stereocenters. The van der Waals surface area contributed by atoms with Crippen molar-refractivity contribution in [3.05, 3.63) is 46.4 Å². The number of methoxy groups -OCH3 is 1. The number of hydrogen-bond donors (Lipinski definition) is 2. The molecular weight excluding hydrogens is 271 g/mol. The van der Waals surface area contributed by atoms with E-state index in [1.807, 2.05) is 0 Å². The van der Waals surface area contributed by atoms with Gasteiger partial charge in [0, 0.05) is 11.1 Å². The third-order valence-corrected chi connectivity index (χ3v) is 3.02. The lowest BCUT2D eigenvalue weighted by molar-refractivity contribution is 0.415. The average Bonchev–Trinajstić information content (AvgIpc) is 2.35. The van der Waals surface area contributed by atoms with Crippen molar-refractivity contribution < 1.29 is 4.74 Å². The molecule has 2 aromatic carbocycles. The van der Waals surface area contributed by atoms with Crippen LogP contribution in [0.4, 0.5) is 17.1 Å². The van der Waals surface area contributed by atoms with Crippen LogP contribution < -0.4 is 15.8 Å². The third-order valence-electron chi connectivity index (χ3n) is 2.46. The maximum atomic E-state index is 6.10. The molecule has 0 radical (unpaired) electrons. The first-order valence-corrected chi connectivity index (χ1v) is 6.01. The molecule has 0 saturated carbocycles. The van der Waals surface area contributed by atoms with Crippen LogP contribution in [0.3, 0.4) is 0 Å². The molecule has 5 heteroatoms. The van der Waals surface area contributed by atoms with Gasteiger partial charge in [-0.3, -0.25) is 0 Å². The molecule has 0 spiro atoms. The fourth-order valence-electron chi connectivity index (χ4n) is 1.52. The zero-order chi connectivity index (χ0) is 13.1. The molecule has 0 amide bonds. The van der Waals surface area contributed by atoms with Crippen molar-refractivity contribution in [1.82, 2.24) is 0 Å². The average molecular weight is 283 g/mol. The minimum Gasteiger partial charge on any atom is -0.497 e. The smallest absolute Gasteiger partial charge is 0.121 e. The van der Waals surface area contributed by atoms with Crippen molar-refractivity contribution in [3.63, 3.8) is 0 Å². The number of nitrogens with one attached hydrogen (secondary N) is 1. The fraction of sp³-hybridized carbons (Fsp3) is 0.0769. The van der Waals surface area contributed by atoms with Gasteiger partial charge in [-0.25, -0.2) is 0 Å². The van der Waals surface area contributed by atoms with Crippen LogP contribution in [0.15, 0.2) is 36.4 Å². The number of rotatable bonds is 3. The molecular formula is C13H12Cl2N2O. The van der Waals surface area contributed by atoms with Crippen molar-refractivity contribution in [3.8, 4) is 5.75 Å². The molecule has 0 unspecified atom stereocenters. The summed E-state index contributed by atoms with van der Waals surface area (Å²) in [6, 6.07) is 10.6. The number of hydrogen-bond acceptors (Lipinski definition) is 3. The standard InChI is InChI=1S/C13H12Cl2N2O/c1-18-9-3-4-10(15)13(7-9)17-12-5-2-8(14)6-11(12)16/h2-7,17H,16H2,1H3. The Morgan fingerprint density at radius 2 is 1.83 bits per heavy atom. The van der Waals surface area contributed by atoms with Gasteiger partial charge in [0.25, 0.3) is 0 Å². The van der Waals surface area contributed by atoms with Crippen molar-refractivity contribution in [1.29, 1.82) is 0 Å². The highest BCUT2D eigenvalue weighted by molar-refractivity contribution is 6.33. The molecule has 0 aromatic heterocycles. The number of ether oxygens (including phenoxy) is 1. The summed E-state index contributed by atoms with van der Waals surface area (Å²) < 4.78 is 5.15. The van der Waals surface area contributed by atoms with Crippen LogP contribution >= 0.6 is 23.2 Å². The number of halogens is 2. The molecule has 0 fully saturated rings. The van der Waals surface area contributed by atoms with Gasteiger partial charge in [0.15, 0.2) is 0 Å². The van der Waals surface area contributed by atoms with Gasteiger partial charge in [0.05, 0.1) is 29.2 Å². The predicted octanol–water partition coefficient (Wildman–Crippen LogP) is 4.33. The molecule has 3 nitrogen and oxygen atoms in total. The quantitative estimate of drug-likeness (QED) is 0.824. The number of nitrogens with two attached hydrogens (primary N) is 1. The van der Waals surface area contributed by atoms with E-state index in [-0.39, 0.29) is 0 Å². The summed E-state index contributed by atoms with van der Waals surface area (Å²) in [6.45, 7) is 0. The molecule has 0 bridgehead atoms. The number of anilines is 3. The van der Waals surface area contributed by atoms with Crippen molar-refractivity contribution >= 4 is 40.3 Å². The van der Waals surface area contributed by atoms with E-state index in [0.29, 0.717) is 15.7 Å². The summed E-state index contributed by atoms with van der Waals surface area (Å²) in [6.07, 6.45) is 0. The van der Waals surface area contributed by atoms with Gasteiger partial charge in [-0.05, 0) is 30.3 Å². The topological polar surface area (TPSA) is 47.3 Å². The van der Waals surface area contributed by atoms with Crippen LogP contribution in [0.2, 0.25) is 10.0 Å². The summed E-state index contributed by atoms with van der Waals surface area (Å²) in [5.74, 6) is 0.717. The minimum absolute atomic E-state index is 0.557. The van der Waals surface area contributed by atoms with Crippen LogP contribution in [0.5, 0.6) is 5.75 Å². The maximum absolute atomic E-state index is 6.10. The van der Waals surface area contributed by atoms with Crippen molar-refractivity contribution in [2.45, 2.75) is 0 Å². The molecule has 0 aliphatic heterocycles. The number of nitrogen functional groups attached to an aromatic ring is 1. The van der Waals surface area contributed by atoms with E-state index in [4.69, 9.17) is 33.7 Å². The third kappa shape index (κ3) is 2.81. The van der Waals surface area contributed by atoms with Crippen LogP contribution in [0.25, 0.3) is 0 Å².